The highest BCUT2D eigenvalue weighted by molar-refractivity contribution is 6.30. The van der Waals surface area contributed by atoms with Crippen LogP contribution in [0.25, 0.3) is 0 Å². The third-order valence-electron chi connectivity index (χ3n) is 3.85. The second kappa shape index (κ2) is 8.67. The molecule has 2 N–H and O–H groups in total. The van der Waals surface area contributed by atoms with Crippen LogP contribution < -0.4 is 10.6 Å². The molecule has 0 bridgehead atoms. The summed E-state index contributed by atoms with van der Waals surface area (Å²) in [5.41, 5.74) is 2.64. The molecule has 2 aromatic carbocycles. The van der Waals surface area contributed by atoms with Crippen molar-refractivity contribution in [3.63, 3.8) is 0 Å². The lowest BCUT2D eigenvalue weighted by Crippen LogP contribution is -2.25. The van der Waals surface area contributed by atoms with Gasteiger partial charge in [-0.3, -0.25) is 9.59 Å². The Morgan fingerprint density at radius 1 is 1.00 bits per heavy atom. The van der Waals surface area contributed by atoms with Crippen molar-refractivity contribution in [1.29, 1.82) is 0 Å². The summed E-state index contributed by atoms with van der Waals surface area (Å²) in [6.45, 7) is 6.75. The van der Waals surface area contributed by atoms with Gasteiger partial charge in [0.25, 0.3) is 11.8 Å². The molecule has 0 fully saturated rings. The molecule has 0 aliphatic rings. The fourth-order valence-corrected chi connectivity index (χ4v) is 2.54. The van der Waals surface area contributed by atoms with E-state index in [2.05, 4.69) is 24.5 Å². The Kier molecular flexibility index (Phi) is 6.59. The molecule has 0 spiro atoms. The van der Waals surface area contributed by atoms with Gasteiger partial charge in [0.1, 0.15) is 0 Å². The SMILES string of the molecule is Cc1cc(Cl)ccc1NC(=O)c1ccc(C(=O)NCCC(C)C)cc1. The number of benzene rings is 2. The first-order chi connectivity index (χ1) is 11.9. The summed E-state index contributed by atoms with van der Waals surface area (Å²) in [7, 11) is 0. The number of amides is 2. The Morgan fingerprint density at radius 3 is 2.16 bits per heavy atom. The van der Waals surface area contributed by atoms with E-state index in [1.54, 1.807) is 42.5 Å². The molecule has 2 aromatic rings. The second-order valence-electron chi connectivity index (χ2n) is 6.43. The van der Waals surface area contributed by atoms with Crippen LogP contribution in [0, 0.1) is 12.8 Å². The molecule has 0 unspecified atom stereocenters. The molecule has 0 aromatic heterocycles. The largest absolute Gasteiger partial charge is 0.352 e. The van der Waals surface area contributed by atoms with Crippen LogP contribution in [0.1, 0.15) is 46.5 Å². The Labute approximate surface area is 153 Å². The monoisotopic (exact) mass is 358 g/mol. The van der Waals surface area contributed by atoms with E-state index in [-0.39, 0.29) is 11.8 Å². The van der Waals surface area contributed by atoms with Gasteiger partial charge in [-0.1, -0.05) is 25.4 Å². The Balaban J connectivity index is 1.99. The summed E-state index contributed by atoms with van der Waals surface area (Å²) in [6.07, 6.45) is 0.937. The molecular weight excluding hydrogens is 336 g/mol. The predicted molar refractivity (Wildman–Crippen MR) is 102 cm³/mol. The smallest absolute Gasteiger partial charge is 0.255 e. The molecule has 25 heavy (non-hydrogen) atoms. The molecule has 0 atom stereocenters. The van der Waals surface area contributed by atoms with E-state index < -0.39 is 0 Å². The number of aryl methyl sites for hydroxylation is 1. The van der Waals surface area contributed by atoms with Crippen molar-refractivity contribution in [3.05, 3.63) is 64.2 Å². The van der Waals surface area contributed by atoms with Gasteiger partial charge in [-0.15, -0.1) is 0 Å². The molecule has 2 amide bonds. The van der Waals surface area contributed by atoms with E-state index in [9.17, 15) is 9.59 Å². The Morgan fingerprint density at radius 2 is 1.60 bits per heavy atom. The number of hydrogen-bond acceptors (Lipinski definition) is 2. The van der Waals surface area contributed by atoms with Gasteiger partial charge in [0.05, 0.1) is 0 Å². The Hall–Kier alpha value is -2.33. The molecule has 4 nitrogen and oxygen atoms in total. The second-order valence-corrected chi connectivity index (χ2v) is 6.87. The van der Waals surface area contributed by atoms with Crippen LogP contribution in [-0.4, -0.2) is 18.4 Å². The van der Waals surface area contributed by atoms with Gasteiger partial charge in [0, 0.05) is 28.4 Å². The minimum atomic E-state index is -0.225. The summed E-state index contributed by atoms with van der Waals surface area (Å²) in [5, 5.41) is 6.36. The zero-order valence-corrected chi connectivity index (χ0v) is 15.5. The molecule has 0 aliphatic carbocycles. The third kappa shape index (κ3) is 5.61. The average molecular weight is 359 g/mol. The molecule has 0 saturated heterocycles. The first-order valence-electron chi connectivity index (χ1n) is 8.32. The first-order valence-corrected chi connectivity index (χ1v) is 8.70. The highest BCUT2D eigenvalue weighted by Crippen LogP contribution is 2.20. The maximum atomic E-state index is 12.3. The standard InChI is InChI=1S/C20H23ClN2O2/c1-13(2)10-11-22-19(24)15-4-6-16(7-5-15)20(25)23-18-9-8-17(21)12-14(18)3/h4-9,12-13H,10-11H2,1-3H3,(H,22,24)(H,23,25). The van der Waals surface area contributed by atoms with E-state index in [1.165, 1.54) is 0 Å². The van der Waals surface area contributed by atoms with E-state index in [0.29, 0.717) is 34.3 Å². The molecule has 5 heteroatoms. The number of hydrogen-bond donors (Lipinski definition) is 2. The zero-order valence-electron chi connectivity index (χ0n) is 14.7. The van der Waals surface area contributed by atoms with E-state index >= 15 is 0 Å². The van der Waals surface area contributed by atoms with Crippen LogP contribution in [0.2, 0.25) is 5.02 Å². The minimum absolute atomic E-state index is 0.124. The molecular formula is C20H23ClN2O2. The van der Waals surface area contributed by atoms with Crippen LogP contribution in [0.3, 0.4) is 0 Å². The highest BCUT2D eigenvalue weighted by atomic mass is 35.5. The summed E-state index contributed by atoms with van der Waals surface area (Å²) < 4.78 is 0. The highest BCUT2D eigenvalue weighted by Gasteiger charge is 2.10. The molecule has 0 heterocycles. The maximum absolute atomic E-state index is 12.3. The number of carbonyl (C=O) groups is 2. The first kappa shape index (κ1) is 19.0. The van der Waals surface area contributed by atoms with E-state index in [1.807, 2.05) is 6.92 Å². The minimum Gasteiger partial charge on any atom is -0.352 e. The topological polar surface area (TPSA) is 58.2 Å². The van der Waals surface area contributed by atoms with Crippen LogP contribution in [0.5, 0.6) is 0 Å². The lowest BCUT2D eigenvalue weighted by Gasteiger charge is -2.10. The summed E-state index contributed by atoms with van der Waals surface area (Å²) >= 11 is 5.92. The van der Waals surface area contributed by atoms with Crippen molar-refractivity contribution in [2.75, 3.05) is 11.9 Å². The number of anilines is 1. The summed E-state index contributed by atoms with van der Waals surface area (Å²) in [5.74, 6) is 0.195. The van der Waals surface area contributed by atoms with Crippen molar-refractivity contribution in [3.8, 4) is 0 Å². The lowest BCUT2D eigenvalue weighted by molar-refractivity contribution is 0.0950. The maximum Gasteiger partial charge on any atom is 0.255 e. The summed E-state index contributed by atoms with van der Waals surface area (Å²) in [4.78, 5) is 24.4. The third-order valence-corrected chi connectivity index (χ3v) is 4.09. The number of nitrogens with one attached hydrogen (secondary N) is 2. The number of rotatable bonds is 6. The number of halogens is 1. The fourth-order valence-electron chi connectivity index (χ4n) is 2.31. The van der Waals surface area contributed by atoms with Gasteiger partial charge >= 0.3 is 0 Å². The van der Waals surface area contributed by atoms with Gasteiger partial charge in [-0.2, -0.15) is 0 Å². The van der Waals surface area contributed by atoms with Crippen molar-refractivity contribution >= 4 is 29.1 Å². The van der Waals surface area contributed by atoms with Crippen LogP contribution in [0.4, 0.5) is 5.69 Å². The van der Waals surface area contributed by atoms with Crippen LogP contribution in [0.15, 0.2) is 42.5 Å². The molecule has 132 valence electrons. The van der Waals surface area contributed by atoms with Gasteiger partial charge in [0.15, 0.2) is 0 Å². The van der Waals surface area contributed by atoms with E-state index in [0.717, 1.165) is 12.0 Å². The van der Waals surface area contributed by atoms with Gasteiger partial charge < -0.3 is 10.6 Å². The molecule has 0 aliphatic heterocycles. The van der Waals surface area contributed by atoms with E-state index in [4.69, 9.17) is 11.6 Å². The predicted octanol–water partition coefficient (Wildman–Crippen LogP) is 4.68. The van der Waals surface area contributed by atoms with Gasteiger partial charge in [0.2, 0.25) is 0 Å². The normalized spacial score (nSPS) is 10.6. The molecule has 2 rings (SSSR count). The van der Waals surface area contributed by atoms with Gasteiger partial charge in [-0.25, -0.2) is 0 Å². The van der Waals surface area contributed by atoms with Crippen molar-refractivity contribution in [2.24, 2.45) is 5.92 Å². The van der Waals surface area contributed by atoms with Crippen LogP contribution >= 0.6 is 11.6 Å². The van der Waals surface area contributed by atoms with Crippen molar-refractivity contribution in [1.82, 2.24) is 5.32 Å². The van der Waals surface area contributed by atoms with Gasteiger partial charge in [-0.05, 0) is 67.3 Å². The summed E-state index contributed by atoms with van der Waals surface area (Å²) in [6, 6.07) is 11.9. The van der Waals surface area contributed by atoms with Crippen molar-refractivity contribution < 1.29 is 9.59 Å². The quantitative estimate of drug-likeness (QED) is 0.787. The zero-order chi connectivity index (χ0) is 18.4. The Bertz CT molecular complexity index is 755. The molecule has 0 radical (unpaired) electrons. The van der Waals surface area contributed by atoms with Crippen LogP contribution in [-0.2, 0) is 0 Å². The number of carbonyl (C=O) groups excluding carboxylic acids is 2. The van der Waals surface area contributed by atoms with Crippen molar-refractivity contribution in [2.45, 2.75) is 27.2 Å². The fraction of sp³-hybridized carbons (Fsp3) is 0.300. The molecule has 0 saturated carbocycles. The average Bonchev–Trinajstić information content (AvgIpc) is 2.57. The lowest BCUT2D eigenvalue weighted by atomic mass is 10.1.